The molecule has 1 aromatic rings. The Balaban J connectivity index is 2.04. The highest BCUT2D eigenvalue weighted by Gasteiger charge is 2.25. The maximum absolute atomic E-state index is 12.6. The van der Waals surface area contributed by atoms with E-state index in [0.29, 0.717) is 18.7 Å². The van der Waals surface area contributed by atoms with Crippen molar-refractivity contribution in [1.29, 1.82) is 0 Å². The summed E-state index contributed by atoms with van der Waals surface area (Å²) in [5, 5.41) is 3.82. The highest BCUT2D eigenvalue weighted by Crippen LogP contribution is 2.19. The summed E-state index contributed by atoms with van der Waals surface area (Å²) in [4.78, 5) is 25.7. The van der Waals surface area contributed by atoms with Crippen LogP contribution < -0.4 is 0 Å². The Bertz CT molecular complexity index is 494. The van der Waals surface area contributed by atoms with Gasteiger partial charge in [-0.15, -0.1) is 0 Å². The molecule has 6 heteroatoms. The van der Waals surface area contributed by atoms with Gasteiger partial charge < -0.3 is 14.4 Å². The van der Waals surface area contributed by atoms with E-state index in [4.69, 9.17) is 4.74 Å². The molecule has 1 unspecified atom stereocenters. The average Bonchev–Trinajstić information content (AvgIpc) is 3.13. The molecule has 1 aliphatic rings. The van der Waals surface area contributed by atoms with Crippen LogP contribution >= 0.6 is 11.3 Å². The predicted octanol–water partition coefficient (Wildman–Crippen LogP) is 2.24. The number of carbonyl (C=O) groups is 2. The Labute approximate surface area is 128 Å². The predicted molar refractivity (Wildman–Crippen MR) is 80.6 cm³/mol. The number of amides is 1. The highest BCUT2D eigenvalue weighted by molar-refractivity contribution is 7.08. The van der Waals surface area contributed by atoms with Gasteiger partial charge in [-0.3, -0.25) is 9.59 Å². The van der Waals surface area contributed by atoms with Crippen molar-refractivity contribution in [3.63, 3.8) is 0 Å². The molecule has 2 rings (SSSR count). The van der Waals surface area contributed by atoms with E-state index in [1.807, 2.05) is 17.7 Å². The normalized spacial score (nSPS) is 17.7. The molecule has 1 aliphatic heterocycles. The topological polar surface area (TPSA) is 55.8 Å². The molecule has 116 valence electrons. The minimum Gasteiger partial charge on any atom is -0.469 e. The summed E-state index contributed by atoms with van der Waals surface area (Å²) in [5.41, 5.74) is 1.68. The van der Waals surface area contributed by atoms with Gasteiger partial charge in [-0.25, -0.2) is 0 Å². The lowest BCUT2D eigenvalue weighted by molar-refractivity contribution is -0.140. The maximum Gasteiger partial charge on any atom is 0.307 e. The van der Waals surface area contributed by atoms with E-state index in [0.717, 1.165) is 25.0 Å². The summed E-state index contributed by atoms with van der Waals surface area (Å²) in [6, 6.07) is 0. The van der Waals surface area contributed by atoms with Crippen LogP contribution in [0.15, 0.2) is 10.8 Å². The minimum atomic E-state index is -0.304. The number of methoxy groups -OCH3 is 1. The van der Waals surface area contributed by atoms with Crippen molar-refractivity contribution in [3.8, 4) is 0 Å². The van der Waals surface area contributed by atoms with Crippen molar-refractivity contribution in [1.82, 2.24) is 4.90 Å². The van der Waals surface area contributed by atoms with Crippen molar-refractivity contribution < 1.29 is 19.1 Å². The molecule has 0 radical (unpaired) electrons. The second-order valence-electron chi connectivity index (χ2n) is 5.18. The van der Waals surface area contributed by atoms with Crippen LogP contribution in [0.2, 0.25) is 0 Å². The van der Waals surface area contributed by atoms with Gasteiger partial charge >= 0.3 is 5.97 Å². The number of hydrogen-bond donors (Lipinski definition) is 0. The Kier molecular flexibility index (Phi) is 5.76. The van der Waals surface area contributed by atoms with Crippen LogP contribution in [0.25, 0.3) is 0 Å². The fourth-order valence-electron chi connectivity index (χ4n) is 2.39. The fourth-order valence-corrected chi connectivity index (χ4v) is 3.21. The number of hydrogen-bond acceptors (Lipinski definition) is 5. The number of carbonyl (C=O) groups excluding carboxylic acids is 2. The number of esters is 1. The molecule has 0 saturated carbocycles. The Morgan fingerprint density at radius 3 is 2.86 bits per heavy atom. The van der Waals surface area contributed by atoms with Gasteiger partial charge in [-0.05, 0) is 30.7 Å². The van der Waals surface area contributed by atoms with Gasteiger partial charge in [-0.1, -0.05) is 0 Å². The second-order valence-corrected chi connectivity index (χ2v) is 5.92. The summed E-state index contributed by atoms with van der Waals surface area (Å²) in [5.74, 6) is -0.338. The van der Waals surface area contributed by atoms with Crippen molar-refractivity contribution >= 4 is 23.2 Å². The lowest BCUT2D eigenvalue weighted by Gasteiger charge is -2.25. The first-order valence-corrected chi connectivity index (χ1v) is 8.06. The van der Waals surface area contributed by atoms with E-state index < -0.39 is 0 Å². The summed E-state index contributed by atoms with van der Waals surface area (Å²) >= 11 is 1.51. The van der Waals surface area contributed by atoms with Crippen LogP contribution in [-0.2, 0) is 14.3 Å². The van der Waals surface area contributed by atoms with E-state index >= 15 is 0 Å². The van der Waals surface area contributed by atoms with Crippen LogP contribution in [0, 0.1) is 6.92 Å². The van der Waals surface area contributed by atoms with Gasteiger partial charge in [0.25, 0.3) is 5.91 Å². The van der Waals surface area contributed by atoms with Crippen molar-refractivity contribution in [2.24, 2.45) is 0 Å². The molecule has 1 fully saturated rings. The third-order valence-corrected chi connectivity index (χ3v) is 4.50. The van der Waals surface area contributed by atoms with Crippen LogP contribution in [0.3, 0.4) is 0 Å². The number of nitrogens with zero attached hydrogens (tertiary/aromatic N) is 1. The molecular weight excluding hydrogens is 290 g/mol. The molecule has 5 nitrogen and oxygen atoms in total. The maximum atomic E-state index is 12.6. The molecule has 1 aromatic heterocycles. The first-order valence-electron chi connectivity index (χ1n) is 7.12. The zero-order valence-corrected chi connectivity index (χ0v) is 13.3. The summed E-state index contributed by atoms with van der Waals surface area (Å²) in [7, 11) is 1.36. The third-order valence-electron chi connectivity index (χ3n) is 3.63. The monoisotopic (exact) mass is 311 g/mol. The van der Waals surface area contributed by atoms with Crippen molar-refractivity contribution in [2.75, 3.05) is 26.8 Å². The standard InChI is InChI=1S/C15H21NO4S/c1-11-9-21-10-13(11)15(18)16(6-5-14(17)19-2)8-12-4-3-7-20-12/h9-10,12H,3-8H2,1-2H3. The summed E-state index contributed by atoms with van der Waals surface area (Å²) in [6.45, 7) is 3.57. The first-order chi connectivity index (χ1) is 10.1. The quantitative estimate of drug-likeness (QED) is 0.756. The largest absolute Gasteiger partial charge is 0.469 e. The Morgan fingerprint density at radius 1 is 1.48 bits per heavy atom. The van der Waals surface area contributed by atoms with E-state index in [-0.39, 0.29) is 24.4 Å². The first kappa shape index (κ1) is 16.0. The molecule has 1 amide bonds. The smallest absolute Gasteiger partial charge is 0.307 e. The molecule has 0 spiro atoms. The van der Waals surface area contributed by atoms with E-state index in [2.05, 4.69) is 4.74 Å². The SMILES string of the molecule is COC(=O)CCN(CC1CCCO1)C(=O)c1cscc1C. The molecule has 1 atom stereocenters. The van der Waals surface area contributed by atoms with Crippen LogP contribution in [0.5, 0.6) is 0 Å². The van der Waals surface area contributed by atoms with E-state index in [9.17, 15) is 9.59 Å². The van der Waals surface area contributed by atoms with Crippen LogP contribution in [-0.4, -0.2) is 49.7 Å². The number of thiophene rings is 1. The molecular formula is C15H21NO4S. The molecule has 0 aromatic carbocycles. The zero-order valence-electron chi connectivity index (χ0n) is 12.5. The minimum absolute atomic E-state index is 0.0341. The Morgan fingerprint density at radius 2 is 2.29 bits per heavy atom. The van der Waals surface area contributed by atoms with Gasteiger partial charge in [0.05, 0.1) is 25.2 Å². The zero-order chi connectivity index (χ0) is 15.2. The molecule has 21 heavy (non-hydrogen) atoms. The van der Waals surface area contributed by atoms with Gasteiger partial charge in [0, 0.05) is 25.1 Å². The number of ether oxygens (including phenoxy) is 2. The molecule has 0 aliphatic carbocycles. The number of rotatable bonds is 6. The number of aryl methyl sites for hydroxylation is 1. The summed E-state index contributed by atoms with van der Waals surface area (Å²) in [6.07, 6.45) is 2.27. The fraction of sp³-hybridized carbons (Fsp3) is 0.600. The van der Waals surface area contributed by atoms with Crippen molar-refractivity contribution in [2.45, 2.75) is 32.3 Å². The molecule has 1 saturated heterocycles. The highest BCUT2D eigenvalue weighted by atomic mass is 32.1. The van der Waals surface area contributed by atoms with Crippen LogP contribution in [0.1, 0.15) is 35.2 Å². The van der Waals surface area contributed by atoms with Gasteiger partial charge in [-0.2, -0.15) is 11.3 Å². The van der Waals surface area contributed by atoms with Crippen molar-refractivity contribution in [3.05, 3.63) is 21.9 Å². The van der Waals surface area contributed by atoms with E-state index in [1.54, 1.807) is 4.90 Å². The average molecular weight is 311 g/mol. The molecule has 2 heterocycles. The lowest BCUT2D eigenvalue weighted by Crippen LogP contribution is -2.39. The van der Waals surface area contributed by atoms with Gasteiger partial charge in [0.15, 0.2) is 0 Å². The van der Waals surface area contributed by atoms with Crippen LogP contribution in [0.4, 0.5) is 0 Å². The molecule has 0 bridgehead atoms. The summed E-state index contributed by atoms with van der Waals surface area (Å²) < 4.78 is 10.3. The lowest BCUT2D eigenvalue weighted by atomic mass is 10.1. The van der Waals surface area contributed by atoms with E-state index in [1.165, 1.54) is 18.4 Å². The Hall–Kier alpha value is -1.40. The third kappa shape index (κ3) is 4.28. The molecule has 0 N–H and O–H groups in total. The second kappa shape index (κ2) is 7.56. The van der Waals surface area contributed by atoms with Gasteiger partial charge in [0.1, 0.15) is 0 Å². The van der Waals surface area contributed by atoms with Gasteiger partial charge in [0.2, 0.25) is 0 Å².